The van der Waals surface area contributed by atoms with E-state index in [-0.39, 0.29) is 5.92 Å². The van der Waals surface area contributed by atoms with Crippen molar-refractivity contribution in [3.63, 3.8) is 0 Å². The molecule has 23 heavy (non-hydrogen) atoms. The van der Waals surface area contributed by atoms with Crippen molar-refractivity contribution in [1.82, 2.24) is 4.90 Å². The molecule has 0 heterocycles. The Morgan fingerprint density at radius 2 is 2.17 bits per heavy atom. The van der Waals surface area contributed by atoms with Crippen molar-refractivity contribution in [2.45, 2.75) is 26.2 Å². The van der Waals surface area contributed by atoms with E-state index in [1.54, 1.807) is 0 Å². The van der Waals surface area contributed by atoms with Crippen LogP contribution in [-0.4, -0.2) is 47.2 Å². The molecule has 1 aromatic rings. The molecule has 5 nitrogen and oxygen atoms in total. The van der Waals surface area contributed by atoms with Gasteiger partial charge in [-0.2, -0.15) is 4.79 Å². The third kappa shape index (κ3) is 3.24. The number of hydroxylamine groups is 1. The van der Waals surface area contributed by atoms with Crippen molar-refractivity contribution in [2.75, 3.05) is 26.0 Å². The third-order valence-corrected chi connectivity index (χ3v) is 5.11. The maximum absolute atomic E-state index is 12.4. The predicted molar refractivity (Wildman–Crippen MR) is 90.1 cm³/mol. The van der Waals surface area contributed by atoms with E-state index in [1.807, 2.05) is 45.3 Å². The number of urea groups is 1. The molecule has 0 spiro atoms. The molecule has 5 heteroatoms. The summed E-state index contributed by atoms with van der Waals surface area (Å²) < 4.78 is 0.889. The van der Waals surface area contributed by atoms with E-state index in [9.17, 15) is 10.0 Å². The summed E-state index contributed by atoms with van der Waals surface area (Å²) in [5.74, 6) is 1.22. The average molecular weight is 316 g/mol. The number of fused-ring (bicyclic) bond motifs is 2. The minimum absolute atomic E-state index is 0.275. The van der Waals surface area contributed by atoms with E-state index in [2.05, 4.69) is 10.2 Å². The number of rotatable bonds is 3. The van der Waals surface area contributed by atoms with Crippen molar-refractivity contribution >= 4 is 17.4 Å². The van der Waals surface area contributed by atoms with E-state index in [0.29, 0.717) is 17.5 Å². The topological polar surface area (TPSA) is 55.6 Å². The van der Waals surface area contributed by atoms with Crippen molar-refractivity contribution in [2.24, 2.45) is 17.8 Å². The molecule has 0 radical (unpaired) electrons. The van der Waals surface area contributed by atoms with Crippen molar-refractivity contribution in [3.05, 3.63) is 29.8 Å². The SMILES string of the molecule is Cc1cccc(NC(=O)/[N+](O)=C2\[C@H]3CC[C@H](C3)[C@@H]2CN(C)C)c1. The molecule has 1 aromatic carbocycles. The lowest BCUT2D eigenvalue weighted by atomic mass is 9.86. The third-order valence-electron chi connectivity index (χ3n) is 5.11. The van der Waals surface area contributed by atoms with E-state index in [0.717, 1.165) is 35.4 Å². The van der Waals surface area contributed by atoms with Crippen molar-refractivity contribution < 1.29 is 14.7 Å². The molecule has 2 N–H and O–H groups in total. The molecule has 3 rings (SSSR count). The first kappa shape index (κ1) is 16.0. The number of amides is 2. The largest absolute Gasteiger partial charge is 0.535 e. The van der Waals surface area contributed by atoms with Crippen LogP contribution >= 0.6 is 0 Å². The number of benzene rings is 1. The number of aryl methyl sites for hydroxylation is 1. The van der Waals surface area contributed by atoms with Crippen LogP contribution in [0.1, 0.15) is 24.8 Å². The minimum Gasteiger partial charge on any atom is -0.347 e. The molecule has 0 aliphatic heterocycles. The monoisotopic (exact) mass is 316 g/mol. The second-order valence-corrected chi connectivity index (χ2v) is 7.18. The van der Waals surface area contributed by atoms with Crippen LogP contribution in [0.5, 0.6) is 0 Å². The zero-order valence-electron chi connectivity index (χ0n) is 14.1. The maximum Gasteiger partial charge on any atom is 0.535 e. The molecule has 0 unspecified atom stereocenters. The number of hydrogen-bond acceptors (Lipinski definition) is 3. The second kappa shape index (κ2) is 6.32. The van der Waals surface area contributed by atoms with Gasteiger partial charge in [-0.1, -0.05) is 12.1 Å². The quantitative estimate of drug-likeness (QED) is 0.390. The van der Waals surface area contributed by atoms with Gasteiger partial charge in [0.1, 0.15) is 11.4 Å². The summed E-state index contributed by atoms with van der Waals surface area (Å²) in [5.41, 5.74) is 2.69. The Kier molecular flexibility index (Phi) is 4.39. The van der Waals surface area contributed by atoms with Gasteiger partial charge in [0.15, 0.2) is 0 Å². The Labute approximate surface area is 137 Å². The van der Waals surface area contributed by atoms with Gasteiger partial charge in [-0.25, -0.2) is 5.32 Å². The van der Waals surface area contributed by atoms with E-state index in [4.69, 9.17) is 0 Å². The highest BCUT2D eigenvalue weighted by atomic mass is 16.5. The summed E-state index contributed by atoms with van der Waals surface area (Å²) in [4.78, 5) is 14.6. The van der Waals surface area contributed by atoms with E-state index >= 15 is 0 Å². The smallest absolute Gasteiger partial charge is 0.347 e. The molecule has 2 aliphatic rings. The summed E-state index contributed by atoms with van der Waals surface area (Å²) in [5, 5.41) is 13.3. The molecular weight excluding hydrogens is 290 g/mol. The van der Waals surface area contributed by atoms with Crippen LogP contribution in [0.4, 0.5) is 10.5 Å². The van der Waals surface area contributed by atoms with Crippen LogP contribution in [0, 0.1) is 24.7 Å². The molecule has 2 fully saturated rings. The fourth-order valence-corrected chi connectivity index (χ4v) is 4.18. The predicted octanol–water partition coefficient (Wildman–Crippen LogP) is 2.98. The van der Waals surface area contributed by atoms with Crippen LogP contribution in [0.2, 0.25) is 0 Å². The van der Waals surface area contributed by atoms with E-state index in [1.165, 1.54) is 6.42 Å². The van der Waals surface area contributed by atoms with Crippen LogP contribution < -0.4 is 5.32 Å². The number of carbonyl (C=O) groups is 1. The number of nitrogens with one attached hydrogen (secondary N) is 1. The average Bonchev–Trinajstić information content (AvgIpc) is 3.07. The lowest BCUT2D eigenvalue weighted by Crippen LogP contribution is -2.40. The summed E-state index contributed by atoms with van der Waals surface area (Å²) in [6, 6.07) is 7.15. The second-order valence-electron chi connectivity index (χ2n) is 7.18. The summed E-state index contributed by atoms with van der Waals surface area (Å²) in [7, 11) is 4.08. The zero-order chi connectivity index (χ0) is 16.6. The lowest BCUT2D eigenvalue weighted by molar-refractivity contribution is -0.699. The standard InChI is InChI=1S/C18H25N3O2/c1-12-5-4-6-15(9-12)19-18(22)21(23)17-14-8-7-13(10-14)16(17)11-20(2)3/h4-6,9,13-14,16H,7-8,10-11H2,1-3H3,(H-,19,22,23)/p+1/b21-17-/t13-,14+,16+/m1/s1. The molecule has 0 aromatic heterocycles. The molecule has 2 aliphatic carbocycles. The first-order valence-electron chi connectivity index (χ1n) is 8.34. The number of nitrogens with zero attached hydrogens (tertiary/aromatic N) is 2. The van der Waals surface area contributed by atoms with Gasteiger partial charge in [0, 0.05) is 18.4 Å². The fraction of sp³-hybridized carbons (Fsp3) is 0.556. The van der Waals surface area contributed by atoms with Crippen molar-refractivity contribution in [1.29, 1.82) is 0 Å². The highest BCUT2D eigenvalue weighted by Crippen LogP contribution is 2.46. The number of hydrogen-bond donors (Lipinski definition) is 2. The van der Waals surface area contributed by atoms with Crippen molar-refractivity contribution in [3.8, 4) is 0 Å². The van der Waals surface area contributed by atoms with Crippen LogP contribution in [0.15, 0.2) is 24.3 Å². The highest BCUT2D eigenvalue weighted by molar-refractivity contribution is 5.94. The molecule has 2 bridgehead atoms. The van der Waals surface area contributed by atoms with Gasteiger partial charge in [0.2, 0.25) is 0 Å². The molecule has 124 valence electrons. The fourth-order valence-electron chi connectivity index (χ4n) is 4.18. The highest BCUT2D eigenvalue weighted by Gasteiger charge is 2.49. The zero-order valence-corrected chi connectivity index (χ0v) is 14.1. The number of carbonyl (C=O) groups excluding carboxylic acids is 1. The lowest BCUT2D eigenvalue weighted by Gasteiger charge is -2.25. The van der Waals surface area contributed by atoms with Crippen LogP contribution in [-0.2, 0) is 0 Å². The first-order valence-corrected chi connectivity index (χ1v) is 8.34. The van der Waals surface area contributed by atoms with Crippen LogP contribution in [0.25, 0.3) is 0 Å². The molecule has 0 saturated heterocycles. The first-order chi connectivity index (χ1) is 11.0. The molecule has 3 atom stereocenters. The van der Waals surface area contributed by atoms with Gasteiger partial charge in [-0.15, -0.1) is 0 Å². The van der Waals surface area contributed by atoms with Gasteiger partial charge in [-0.3, -0.25) is 0 Å². The Bertz CT molecular complexity index is 639. The summed E-state index contributed by atoms with van der Waals surface area (Å²) in [6.45, 7) is 2.86. The summed E-state index contributed by atoms with van der Waals surface area (Å²) in [6.07, 6.45) is 3.39. The van der Waals surface area contributed by atoms with E-state index < -0.39 is 6.03 Å². The molecule has 2 saturated carbocycles. The van der Waals surface area contributed by atoms with Gasteiger partial charge in [0.25, 0.3) is 0 Å². The Morgan fingerprint density at radius 3 is 2.87 bits per heavy atom. The molecular formula is C18H26N3O2+. The van der Waals surface area contributed by atoms with Gasteiger partial charge in [0.05, 0.1) is 0 Å². The number of anilines is 1. The Balaban J connectivity index is 1.82. The Hall–Kier alpha value is -1.88. The summed E-state index contributed by atoms with van der Waals surface area (Å²) >= 11 is 0. The van der Waals surface area contributed by atoms with Crippen LogP contribution in [0.3, 0.4) is 0 Å². The minimum atomic E-state index is -0.457. The molecule has 2 amide bonds. The van der Waals surface area contributed by atoms with Gasteiger partial charge in [-0.05, 0) is 68.6 Å². The van der Waals surface area contributed by atoms with Gasteiger partial charge >= 0.3 is 6.03 Å². The Morgan fingerprint density at radius 1 is 1.39 bits per heavy atom. The van der Waals surface area contributed by atoms with Gasteiger partial charge < -0.3 is 10.1 Å². The normalized spacial score (nSPS) is 28.3. The maximum atomic E-state index is 12.4.